The van der Waals surface area contributed by atoms with E-state index in [-0.39, 0.29) is 15.5 Å². The Morgan fingerprint density at radius 1 is 0.821 bits per heavy atom. The van der Waals surface area contributed by atoms with Gasteiger partial charge in [0.25, 0.3) is 0 Å². The summed E-state index contributed by atoms with van der Waals surface area (Å²) >= 11 is 0. The van der Waals surface area contributed by atoms with Crippen LogP contribution in [0.3, 0.4) is 0 Å². The van der Waals surface area contributed by atoms with Crippen LogP contribution in [-0.2, 0) is 26.2 Å². The second-order valence-corrected chi connectivity index (χ2v) is 13.2. The molecule has 0 saturated carbocycles. The number of nitrogens with one attached hydrogen (secondary N) is 2. The quantitative estimate of drug-likeness (QED) is 0.234. The topological polar surface area (TPSA) is 131 Å². The van der Waals surface area contributed by atoms with Gasteiger partial charge in [0.15, 0.2) is 0 Å². The molecular formula is C28H26N4O5S2. The minimum atomic E-state index is -3.60. The van der Waals surface area contributed by atoms with Crippen molar-refractivity contribution in [2.45, 2.75) is 16.3 Å². The van der Waals surface area contributed by atoms with Crippen LogP contribution in [0, 0.1) is 0 Å². The fourth-order valence-electron chi connectivity index (χ4n) is 4.00. The van der Waals surface area contributed by atoms with Crippen LogP contribution in [0.4, 0.5) is 11.5 Å². The summed E-state index contributed by atoms with van der Waals surface area (Å²) in [6.07, 6.45) is 2.67. The van der Waals surface area contributed by atoms with Crippen LogP contribution in [0.1, 0.15) is 5.76 Å². The first-order valence-corrected chi connectivity index (χ1v) is 15.6. The first kappa shape index (κ1) is 26.5. The molecule has 9 nitrogen and oxygen atoms in total. The lowest BCUT2D eigenvalue weighted by molar-refractivity contribution is 0.498. The Bertz CT molecular complexity index is 1820. The molecule has 2 aromatic heterocycles. The molecule has 200 valence electrons. The zero-order chi connectivity index (χ0) is 27.5. The van der Waals surface area contributed by atoms with Gasteiger partial charge in [-0.3, -0.25) is 0 Å². The average molecular weight is 563 g/mol. The second kappa shape index (κ2) is 11.0. The van der Waals surface area contributed by atoms with Crippen LogP contribution in [-0.4, -0.2) is 45.4 Å². The number of anilines is 2. The van der Waals surface area contributed by atoms with E-state index in [1.165, 1.54) is 12.6 Å². The maximum Gasteiger partial charge on any atom is 0.206 e. The third kappa shape index (κ3) is 6.33. The monoisotopic (exact) mass is 562 g/mol. The summed E-state index contributed by atoms with van der Waals surface area (Å²) in [6, 6.07) is 24.3. The van der Waals surface area contributed by atoms with Crippen molar-refractivity contribution in [3.05, 3.63) is 97.0 Å². The summed E-state index contributed by atoms with van der Waals surface area (Å²) in [5, 5.41) is 7.10. The van der Waals surface area contributed by atoms with Gasteiger partial charge in [0.2, 0.25) is 9.84 Å². The zero-order valence-corrected chi connectivity index (χ0v) is 22.7. The van der Waals surface area contributed by atoms with Gasteiger partial charge < -0.3 is 15.1 Å². The van der Waals surface area contributed by atoms with Gasteiger partial charge in [-0.1, -0.05) is 24.3 Å². The summed E-state index contributed by atoms with van der Waals surface area (Å²) in [4.78, 5) is 9.22. The number of benzene rings is 3. The minimum Gasteiger partial charge on any atom is -0.460 e. The number of nitrogens with zero attached hydrogens (tertiary/aromatic N) is 2. The van der Waals surface area contributed by atoms with Gasteiger partial charge in [0.1, 0.15) is 33.5 Å². The fraction of sp³-hybridized carbons (Fsp3) is 0.143. The van der Waals surface area contributed by atoms with Gasteiger partial charge in [-0.05, 0) is 60.7 Å². The molecule has 0 spiro atoms. The predicted molar refractivity (Wildman–Crippen MR) is 150 cm³/mol. The molecule has 5 rings (SSSR count). The van der Waals surface area contributed by atoms with Crippen LogP contribution in [0.15, 0.2) is 105 Å². The molecule has 2 heterocycles. The molecule has 0 amide bonds. The largest absolute Gasteiger partial charge is 0.460 e. The molecule has 39 heavy (non-hydrogen) atoms. The third-order valence-corrected chi connectivity index (χ3v) is 8.74. The molecule has 11 heteroatoms. The van der Waals surface area contributed by atoms with Crippen LogP contribution in [0.5, 0.6) is 0 Å². The zero-order valence-electron chi connectivity index (χ0n) is 21.0. The number of aromatic nitrogens is 2. The minimum absolute atomic E-state index is 0.0677. The number of rotatable bonds is 10. The molecule has 0 radical (unpaired) electrons. The van der Waals surface area contributed by atoms with E-state index >= 15 is 0 Å². The average Bonchev–Trinajstić information content (AvgIpc) is 3.40. The molecule has 0 fully saturated rings. The molecule has 0 atom stereocenters. The number of hydrogen-bond donors (Lipinski definition) is 2. The Morgan fingerprint density at radius 2 is 1.56 bits per heavy atom. The van der Waals surface area contributed by atoms with Crippen molar-refractivity contribution in [3.63, 3.8) is 0 Å². The molecule has 5 aromatic rings. The van der Waals surface area contributed by atoms with Crippen molar-refractivity contribution in [2.75, 3.05) is 23.9 Å². The summed E-state index contributed by atoms with van der Waals surface area (Å²) in [5.41, 5.74) is 2.23. The SMILES string of the molecule is CS(=O)(=O)CCNCc1ccc(-c2ccc3c(Nc4ccc(S(=O)(=O)c5ccccc5)cc4)ncnc3c2)o1. The highest BCUT2D eigenvalue weighted by Crippen LogP contribution is 2.30. The molecule has 0 aliphatic rings. The second-order valence-electron chi connectivity index (χ2n) is 8.99. The van der Waals surface area contributed by atoms with Gasteiger partial charge >= 0.3 is 0 Å². The smallest absolute Gasteiger partial charge is 0.206 e. The van der Waals surface area contributed by atoms with Gasteiger partial charge in [-0.25, -0.2) is 26.8 Å². The molecule has 0 aliphatic carbocycles. The van der Waals surface area contributed by atoms with E-state index in [0.29, 0.717) is 41.6 Å². The van der Waals surface area contributed by atoms with E-state index in [1.54, 1.807) is 54.6 Å². The number of hydrogen-bond acceptors (Lipinski definition) is 9. The van der Waals surface area contributed by atoms with Gasteiger partial charge in [0.05, 0.1) is 27.6 Å². The number of fused-ring (bicyclic) bond motifs is 1. The standard InChI is InChI=1S/C28H26N4O5S2/c1-38(33,34)16-15-29-18-22-10-14-27(37-22)20-7-13-25-26(17-20)30-19-31-28(25)32-21-8-11-24(12-9-21)39(35,36)23-5-3-2-4-6-23/h2-14,17,19,29H,15-16,18H2,1H3,(H,30,31,32). The summed E-state index contributed by atoms with van der Waals surface area (Å²) < 4.78 is 54.2. The first-order valence-electron chi connectivity index (χ1n) is 12.1. The van der Waals surface area contributed by atoms with Crippen LogP contribution < -0.4 is 10.6 Å². The Morgan fingerprint density at radius 3 is 2.31 bits per heavy atom. The molecule has 2 N–H and O–H groups in total. The summed E-state index contributed by atoms with van der Waals surface area (Å²) in [6.45, 7) is 0.772. The predicted octanol–water partition coefficient (Wildman–Crippen LogP) is 4.60. The van der Waals surface area contributed by atoms with Crippen LogP contribution in [0.2, 0.25) is 0 Å². The van der Waals surface area contributed by atoms with Crippen molar-refractivity contribution < 1.29 is 21.3 Å². The van der Waals surface area contributed by atoms with E-state index in [9.17, 15) is 16.8 Å². The fourth-order valence-corrected chi connectivity index (χ4v) is 5.79. The lowest BCUT2D eigenvalue weighted by Crippen LogP contribution is -2.21. The van der Waals surface area contributed by atoms with Gasteiger partial charge in [-0.15, -0.1) is 0 Å². The van der Waals surface area contributed by atoms with Crippen LogP contribution in [0.25, 0.3) is 22.2 Å². The van der Waals surface area contributed by atoms with Crippen molar-refractivity contribution >= 4 is 42.1 Å². The normalized spacial score (nSPS) is 12.0. The highest BCUT2D eigenvalue weighted by atomic mass is 32.2. The lowest BCUT2D eigenvalue weighted by Gasteiger charge is -2.10. The third-order valence-electron chi connectivity index (χ3n) is 6.01. The van der Waals surface area contributed by atoms with E-state index in [2.05, 4.69) is 20.6 Å². The lowest BCUT2D eigenvalue weighted by atomic mass is 10.1. The Hall–Kier alpha value is -4.06. The highest BCUT2D eigenvalue weighted by Gasteiger charge is 2.17. The molecule has 3 aromatic carbocycles. The summed E-state index contributed by atoms with van der Waals surface area (Å²) in [7, 11) is -6.61. The summed E-state index contributed by atoms with van der Waals surface area (Å²) in [5.74, 6) is 2.01. The highest BCUT2D eigenvalue weighted by molar-refractivity contribution is 7.91. The molecule has 0 bridgehead atoms. The van der Waals surface area contributed by atoms with E-state index in [1.807, 2.05) is 30.3 Å². The van der Waals surface area contributed by atoms with E-state index in [4.69, 9.17) is 4.42 Å². The van der Waals surface area contributed by atoms with Crippen molar-refractivity contribution in [3.8, 4) is 11.3 Å². The van der Waals surface area contributed by atoms with Gasteiger partial charge in [-0.2, -0.15) is 0 Å². The van der Waals surface area contributed by atoms with Crippen molar-refractivity contribution in [1.29, 1.82) is 0 Å². The molecule has 0 saturated heterocycles. The Balaban J connectivity index is 1.30. The number of furan rings is 1. The van der Waals surface area contributed by atoms with Gasteiger partial charge in [0, 0.05) is 29.4 Å². The van der Waals surface area contributed by atoms with Crippen LogP contribution >= 0.6 is 0 Å². The molecule has 0 aliphatic heterocycles. The van der Waals surface area contributed by atoms with Crippen molar-refractivity contribution in [1.82, 2.24) is 15.3 Å². The van der Waals surface area contributed by atoms with E-state index < -0.39 is 19.7 Å². The Kier molecular flexibility index (Phi) is 7.47. The first-order chi connectivity index (χ1) is 18.7. The Labute approximate surface area is 226 Å². The number of sulfone groups is 2. The van der Waals surface area contributed by atoms with E-state index in [0.717, 1.165) is 10.9 Å². The molecule has 0 unspecified atom stereocenters. The molecular weight excluding hydrogens is 536 g/mol. The maximum atomic E-state index is 12.9. The van der Waals surface area contributed by atoms with Crippen molar-refractivity contribution in [2.24, 2.45) is 0 Å². The maximum absolute atomic E-state index is 12.9.